The van der Waals surface area contributed by atoms with Gasteiger partial charge in [0.2, 0.25) is 0 Å². The molecule has 15 aromatic carbocycles. The quantitative estimate of drug-likeness (QED) is 0.122. The Balaban J connectivity index is 0.734. The van der Waals surface area contributed by atoms with Crippen LogP contribution in [0, 0.1) is 34.6 Å². The summed E-state index contributed by atoms with van der Waals surface area (Å²) >= 11 is 0. The normalized spacial score (nSPS) is 11.8. The van der Waals surface area contributed by atoms with Crippen molar-refractivity contribution in [3.05, 3.63) is 354 Å². The maximum absolute atomic E-state index is 2.49. The zero-order chi connectivity index (χ0) is 65.0. The summed E-state index contributed by atoms with van der Waals surface area (Å²) in [6, 6.07) is 118. The molecule has 0 atom stereocenters. The third-order valence-electron chi connectivity index (χ3n) is 20.2. The van der Waals surface area contributed by atoms with Crippen LogP contribution in [0.15, 0.2) is 315 Å². The third-order valence-corrected chi connectivity index (χ3v) is 20.2. The van der Waals surface area contributed by atoms with E-state index in [2.05, 4.69) is 374 Å². The van der Waals surface area contributed by atoms with Crippen molar-refractivity contribution < 1.29 is 0 Å². The molecule has 5 nitrogen and oxygen atoms in total. The fourth-order valence-corrected chi connectivity index (χ4v) is 15.7. The van der Waals surface area contributed by atoms with Gasteiger partial charge in [0.05, 0.1) is 61.5 Å². The minimum atomic E-state index is 0.776. The van der Waals surface area contributed by atoms with E-state index in [-0.39, 0.29) is 0 Å². The molecule has 5 heteroatoms. The number of aromatic nitrogens is 3. The first-order chi connectivity index (χ1) is 47.7. The Morgan fingerprint density at radius 3 is 0.835 bits per heavy atom. The van der Waals surface area contributed by atoms with Crippen LogP contribution in [0.25, 0.3) is 115 Å². The molecular weight excluding hydrogens is 1180 g/mol. The van der Waals surface area contributed by atoms with Crippen LogP contribution in [0.4, 0.5) is 34.1 Å². The summed E-state index contributed by atoms with van der Waals surface area (Å²) < 4.78 is 7.40. The second-order valence-electron chi connectivity index (χ2n) is 26.4. The van der Waals surface area contributed by atoms with Gasteiger partial charge in [-0.25, -0.2) is 0 Å². The van der Waals surface area contributed by atoms with E-state index < -0.39 is 0 Å². The van der Waals surface area contributed by atoms with E-state index in [1.807, 2.05) is 0 Å². The predicted molar refractivity (Wildman–Crippen MR) is 412 cm³/mol. The van der Waals surface area contributed by atoms with E-state index in [1.165, 1.54) is 148 Å². The van der Waals surface area contributed by atoms with Crippen LogP contribution < -0.4 is 9.80 Å². The third kappa shape index (κ3) is 9.60. The van der Waals surface area contributed by atoms with E-state index >= 15 is 0 Å². The molecular formula is C92H69N5. The largest absolute Gasteiger partial charge is 0.310 e. The Hall–Kier alpha value is -12.2. The molecule has 0 aliphatic carbocycles. The zero-order valence-electron chi connectivity index (χ0n) is 55.0. The molecule has 3 aromatic heterocycles. The van der Waals surface area contributed by atoms with Crippen molar-refractivity contribution in [1.29, 1.82) is 0 Å². The van der Waals surface area contributed by atoms with Gasteiger partial charge in [-0.2, -0.15) is 0 Å². The highest BCUT2D eigenvalue weighted by molar-refractivity contribution is 6.16. The van der Waals surface area contributed by atoms with Gasteiger partial charge >= 0.3 is 0 Å². The van der Waals surface area contributed by atoms with Crippen molar-refractivity contribution in [2.75, 3.05) is 9.80 Å². The molecule has 0 amide bonds. The van der Waals surface area contributed by atoms with Gasteiger partial charge in [0, 0.05) is 65.8 Å². The standard InChI is InChI=1S/C92H69N5/c1-59-34-43-66(44-35-59)93(67-45-36-60(2)37-46-67)91-62(4)52-82(73-20-6-8-27-80(73)91)83-53-63(5)92(81-28-9-7-21-74(81)83)94(68-47-38-61(3)39-48-68)69-49-40-64(41-50-69)54-65-42-51-90-84(55-65)79-26-14-19-33-89(79)97(90)72-57-70(95-85-29-15-10-22-75(85)76-23-11-16-30-86(76)95)56-71(58-72)96-87-31-17-12-24-77(87)78-25-13-18-32-88(78)96/h6-53,55-58H,54H2,1-5H3. The van der Waals surface area contributed by atoms with Gasteiger partial charge in [0.25, 0.3) is 0 Å². The molecule has 0 fully saturated rings. The first kappa shape index (κ1) is 57.5. The van der Waals surface area contributed by atoms with E-state index in [9.17, 15) is 0 Å². The lowest BCUT2D eigenvalue weighted by Crippen LogP contribution is -2.13. The van der Waals surface area contributed by atoms with Gasteiger partial charge < -0.3 is 23.5 Å². The number of anilines is 6. The monoisotopic (exact) mass is 1240 g/mol. The van der Waals surface area contributed by atoms with Crippen LogP contribution >= 0.6 is 0 Å². The van der Waals surface area contributed by atoms with Crippen LogP contribution in [0.5, 0.6) is 0 Å². The summed E-state index contributed by atoms with van der Waals surface area (Å²) in [4.78, 5) is 4.91. The molecule has 0 N–H and O–H groups in total. The molecule has 0 unspecified atom stereocenters. The molecule has 18 rings (SSSR count). The van der Waals surface area contributed by atoms with E-state index in [0.29, 0.717) is 0 Å². The first-order valence-electron chi connectivity index (χ1n) is 33.8. The van der Waals surface area contributed by atoms with Gasteiger partial charge in [-0.05, 0) is 207 Å². The van der Waals surface area contributed by atoms with Crippen LogP contribution in [-0.2, 0) is 6.42 Å². The number of benzene rings is 15. The maximum atomic E-state index is 2.49. The van der Waals surface area contributed by atoms with Crippen molar-refractivity contribution in [2.45, 2.75) is 41.0 Å². The SMILES string of the molecule is Cc1ccc(N(c2ccc(C)cc2)c2c(C)cc(-c3cc(C)c(N(c4ccc(C)cc4)c4ccc(Cc5ccc6c(c5)c5ccccc5n6-c5cc(-n6c7ccccc7c7ccccc76)cc(-n6c7ccccc7c7ccccc76)c5)cc4)c4ccccc34)c3ccccc23)cc1. The highest BCUT2D eigenvalue weighted by Gasteiger charge is 2.26. The molecule has 0 bridgehead atoms. The summed E-state index contributed by atoms with van der Waals surface area (Å²) in [6.45, 7) is 11.1. The fraction of sp³-hybridized carbons (Fsp3) is 0.0652. The fourth-order valence-electron chi connectivity index (χ4n) is 15.7. The van der Waals surface area contributed by atoms with Crippen molar-refractivity contribution in [3.63, 3.8) is 0 Å². The molecule has 97 heavy (non-hydrogen) atoms. The van der Waals surface area contributed by atoms with Gasteiger partial charge in [-0.3, -0.25) is 0 Å². The topological polar surface area (TPSA) is 21.3 Å². The Morgan fingerprint density at radius 1 is 0.227 bits per heavy atom. The highest BCUT2D eigenvalue weighted by Crippen LogP contribution is 2.50. The Bertz CT molecular complexity index is 5860. The first-order valence-corrected chi connectivity index (χ1v) is 33.8. The number of hydrogen-bond donors (Lipinski definition) is 0. The summed E-state index contributed by atoms with van der Waals surface area (Å²) in [5.41, 5.74) is 28.2. The second-order valence-corrected chi connectivity index (χ2v) is 26.4. The summed E-state index contributed by atoms with van der Waals surface area (Å²) in [5, 5.41) is 12.2. The Kier molecular flexibility index (Phi) is 13.7. The van der Waals surface area contributed by atoms with Gasteiger partial charge in [-0.1, -0.05) is 211 Å². The Labute approximate surface area is 564 Å². The minimum absolute atomic E-state index is 0.776. The molecule has 3 heterocycles. The van der Waals surface area contributed by atoms with Crippen LogP contribution in [0.3, 0.4) is 0 Å². The average Bonchev–Trinajstić information content (AvgIpc) is 1.72. The van der Waals surface area contributed by atoms with Gasteiger partial charge in [-0.15, -0.1) is 0 Å². The van der Waals surface area contributed by atoms with E-state index in [4.69, 9.17) is 0 Å². The predicted octanol–water partition coefficient (Wildman–Crippen LogP) is 25.0. The van der Waals surface area contributed by atoms with Crippen molar-refractivity contribution in [2.24, 2.45) is 0 Å². The van der Waals surface area contributed by atoms with Crippen LogP contribution in [0.2, 0.25) is 0 Å². The van der Waals surface area contributed by atoms with Gasteiger partial charge in [0.15, 0.2) is 0 Å². The maximum Gasteiger partial charge on any atom is 0.0569 e. The molecule has 0 aliphatic heterocycles. The van der Waals surface area contributed by atoms with Crippen molar-refractivity contribution >= 4 is 121 Å². The molecule has 0 saturated heterocycles. The van der Waals surface area contributed by atoms with Gasteiger partial charge in [0.1, 0.15) is 0 Å². The molecule has 0 aliphatic rings. The number of hydrogen-bond acceptors (Lipinski definition) is 2. The molecule has 462 valence electrons. The average molecular weight is 1240 g/mol. The lowest BCUT2D eigenvalue weighted by atomic mass is 9.88. The number of fused-ring (bicyclic) bond motifs is 11. The lowest BCUT2D eigenvalue weighted by Gasteiger charge is -2.31. The summed E-state index contributed by atoms with van der Waals surface area (Å²) in [6.07, 6.45) is 0.776. The van der Waals surface area contributed by atoms with E-state index in [0.717, 1.165) is 46.2 Å². The number of nitrogens with zero attached hydrogens (tertiary/aromatic N) is 5. The van der Waals surface area contributed by atoms with Crippen LogP contribution in [0.1, 0.15) is 38.9 Å². The lowest BCUT2D eigenvalue weighted by molar-refractivity contribution is 1.10. The van der Waals surface area contributed by atoms with Crippen molar-refractivity contribution in [3.8, 4) is 28.2 Å². The minimum Gasteiger partial charge on any atom is -0.310 e. The number of para-hydroxylation sites is 5. The smallest absolute Gasteiger partial charge is 0.0569 e. The summed E-state index contributed by atoms with van der Waals surface area (Å²) in [5.74, 6) is 0. The molecule has 0 spiro atoms. The number of aryl methyl sites for hydroxylation is 5. The molecule has 0 radical (unpaired) electrons. The molecule has 0 saturated carbocycles. The number of rotatable bonds is 12. The van der Waals surface area contributed by atoms with Crippen LogP contribution in [-0.4, -0.2) is 13.7 Å². The Morgan fingerprint density at radius 2 is 0.495 bits per heavy atom. The zero-order valence-corrected chi connectivity index (χ0v) is 55.0. The summed E-state index contributed by atoms with van der Waals surface area (Å²) in [7, 11) is 0. The van der Waals surface area contributed by atoms with Crippen molar-refractivity contribution in [1.82, 2.24) is 13.7 Å². The second kappa shape index (κ2) is 23.1. The molecule has 18 aromatic rings. The van der Waals surface area contributed by atoms with E-state index in [1.54, 1.807) is 0 Å². The highest BCUT2D eigenvalue weighted by atomic mass is 15.2.